The number of hydrogen-bond donors (Lipinski definition) is 0. The molecule has 0 aromatic carbocycles. The van der Waals surface area contributed by atoms with Crippen molar-refractivity contribution in [2.75, 3.05) is 0 Å². The molecular formula is C16H26BrClN2. The van der Waals surface area contributed by atoms with E-state index in [1.165, 1.54) is 31.4 Å². The molecule has 1 aliphatic carbocycles. The first-order valence-electron chi connectivity index (χ1n) is 7.98. The summed E-state index contributed by atoms with van der Waals surface area (Å²) in [6, 6.07) is 0. The Labute approximate surface area is 136 Å². The zero-order valence-corrected chi connectivity index (χ0v) is 15.2. The molecule has 4 heteroatoms. The van der Waals surface area contributed by atoms with Crippen LogP contribution in [-0.4, -0.2) is 14.6 Å². The molecule has 1 fully saturated rings. The number of rotatable bonds is 5. The average molecular weight is 362 g/mol. The molecule has 0 amide bonds. The van der Waals surface area contributed by atoms with Crippen molar-refractivity contribution in [2.45, 2.75) is 70.7 Å². The molecule has 0 saturated heterocycles. The molecule has 0 N–H and O–H groups in total. The molecule has 20 heavy (non-hydrogen) atoms. The van der Waals surface area contributed by atoms with Gasteiger partial charge in [-0.2, -0.15) is 5.10 Å². The maximum Gasteiger partial charge on any atom is 0.0849 e. The number of alkyl halides is 1. The molecule has 0 bridgehead atoms. The quantitative estimate of drug-likeness (QED) is 0.655. The second kappa shape index (κ2) is 7.31. The first-order valence-corrected chi connectivity index (χ1v) is 9.28. The fourth-order valence-electron chi connectivity index (χ4n) is 3.37. The van der Waals surface area contributed by atoms with Crippen molar-refractivity contribution in [1.29, 1.82) is 0 Å². The van der Waals surface area contributed by atoms with Gasteiger partial charge in [0.25, 0.3) is 0 Å². The molecule has 1 saturated carbocycles. The van der Waals surface area contributed by atoms with Crippen molar-refractivity contribution in [3.05, 3.63) is 16.4 Å². The highest BCUT2D eigenvalue weighted by Gasteiger charge is 2.30. The van der Waals surface area contributed by atoms with Crippen LogP contribution in [0.1, 0.15) is 57.8 Å². The van der Waals surface area contributed by atoms with Crippen molar-refractivity contribution in [3.8, 4) is 0 Å². The van der Waals surface area contributed by atoms with Crippen LogP contribution in [-0.2, 0) is 19.4 Å². The summed E-state index contributed by atoms with van der Waals surface area (Å²) < 4.78 is 2.11. The van der Waals surface area contributed by atoms with Crippen molar-refractivity contribution in [3.63, 3.8) is 0 Å². The maximum atomic E-state index is 6.55. The van der Waals surface area contributed by atoms with E-state index in [-0.39, 0.29) is 0 Å². The molecule has 3 atom stereocenters. The molecule has 1 aliphatic rings. The minimum absolute atomic E-state index is 0.631. The molecule has 0 aliphatic heterocycles. The standard InChI is InChI=1S/C16H26BrClN2/c1-4-11-7-8-13(17)12(9-11)10-15-16(18)14(5-2)19-20(15)6-3/h11-13H,4-10H2,1-3H3. The summed E-state index contributed by atoms with van der Waals surface area (Å²) in [5, 5.41) is 5.56. The van der Waals surface area contributed by atoms with Crippen LogP contribution in [0.25, 0.3) is 0 Å². The van der Waals surface area contributed by atoms with Crippen LogP contribution >= 0.6 is 27.5 Å². The van der Waals surface area contributed by atoms with Gasteiger partial charge in [-0.05, 0) is 50.9 Å². The van der Waals surface area contributed by atoms with Crippen LogP contribution in [0.2, 0.25) is 5.02 Å². The lowest BCUT2D eigenvalue weighted by Crippen LogP contribution is -2.27. The highest BCUT2D eigenvalue weighted by atomic mass is 79.9. The van der Waals surface area contributed by atoms with Gasteiger partial charge in [0, 0.05) is 11.4 Å². The Morgan fingerprint density at radius 2 is 2.05 bits per heavy atom. The van der Waals surface area contributed by atoms with Crippen LogP contribution in [0.3, 0.4) is 0 Å². The molecule has 2 nitrogen and oxygen atoms in total. The Hall–Kier alpha value is -0.0200. The van der Waals surface area contributed by atoms with Crippen LogP contribution in [0.15, 0.2) is 0 Å². The number of nitrogens with zero attached hydrogens (tertiary/aromatic N) is 2. The Morgan fingerprint density at radius 3 is 2.65 bits per heavy atom. The SMILES string of the molecule is CCc1nn(CC)c(CC2CC(CC)CCC2Br)c1Cl. The summed E-state index contributed by atoms with van der Waals surface area (Å²) >= 11 is 10.4. The summed E-state index contributed by atoms with van der Waals surface area (Å²) in [7, 11) is 0. The lowest BCUT2D eigenvalue weighted by Gasteiger charge is -2.33. The number of hydrogen-bond acceptors (Lipinski definition) is 1. The average Bonchev–Trinajstić information content (AvgIpc) is 2.77. The van der Waals surface area contributed by atoms with Gasteiger partial charge in [-0.1, -0.05) is 47.8 Å². The Bertz CT molecular complexity index is 444. The Kier molecular flexibility index (Phi) is 5.97. The Morgan fingerprint density at radius 1 is 1.30 bits per heavy atom. The van der Waals surface area contributed by atoms with Crippen molar-refractivity contribution in [1.82, 2.24) is 9.78 Å². The fraction of sp³-hybridized carbons (Fsp3) is 0.812. The van der Waals surface area contributed by atoms with Gasteiger partial charge in [0.15, 0.2) is 0 Å². The first-order chi connectivity index (χ1) is 9.60. The monoisotopic (exact) mass is 360 g/mol. The molecule has 0 radical (unpaired) electrons. The summed E-state index contributed by atoms with van der Waals surface area (Å²) in [6.07, 6.45) is 7.26. The molecule has 114 valence electrons. The minimum Gasteiger partial charge on any atom is -0.268 e. The van der Waals surface area contributed by atoms with E-state index < -0.39 is 0 Å². The van der Waals surface area contributed by atoms with Gasteiger partial charge in [0.2, 0.25) is 0 Å². The molecule has 1 aromatic heterocycles. The summed E-state index contributed by atoms with van der Waals surface area (Å²) in [5.41, 5.74) is 2.30. The molecular weight excluding hydrogens is 336 g/mol. The molecule has 0 spiro atoms. The van der Waals surface area contributed by atoms with Gasteiger partial charge in [-0.25, -0.2) is 0 Å². The van der Waals surface area contributed by atoms with E-state index in [2.05, 4.69) is 46.5 Å². The van der Waals surface area contributed by atoms with E-state index in [4.69, 9.17) is 11.6 Å². The smallest absolute Gasteiger partial charge is 0.0849 e. The normalized spacial score (nSPS) is 26.9. The Balaban J connectivity index is 2.17. The summed E-state index contributed by atoms with van der Waals surface area (Å²) in [6.45, 7) is 7.49. The van der Waals surface area contributed by atoms with E-state index in [1.54, 1.807) is 0 Å². The zero-order chi connectivity index (χ0) is 14.7. The van der Waals surface area contributed by atoms with E-state index in [1.807, 2.05) is 0 Å². The highest BCUT2D eigenvalue weighted by Crippen LogP contribution is 2.38. The van der Waals surface area contributed by atoms with Crippen molar-refractivity contribution < 1.29 is 0 Å². The first kappa shape index (κ1) is 16.4. The van der Waals surface area contributed by atoms with Gasteiger partial charge >= 0.3 is 0 Å². The van der Waals surface area contributed by atoms with Gasteiger partial charge < -0.3 is 0 Å². The van der Waals surface area contributed by atoms with E-state index in [9.17, 15) is 0 Å². The van der Waals surface area contributed by atoms with Crippen LogP contribution in [0, 0.1) is 11.8 Å². The number of halogens is 2. The number of aromatic nitrogens is 2. The van der Waals surface area contributed by atoms with Crippen molar-refractivity contribution in [2.24, 2.45) is 11.8 Å². The third-order valence-corrected chi connectivity index (χ3v) is 6.37. The predicted octanol–water partition coefficient (Wildman–Crippen LogP) is 5.25. The zero-order valence-electron chi connectivity index (χ0n) is 12.8. The van der Waals surface area contributed by atoms with Crippen LogP contribution in [0.4, 0.5) is 0 Å². The third kappa shape index (κ3) is 3.41. The summed E-state index contributed by atoms with van der Waals surface area (Å²) in [4.78, 5) is 0.631. The fourth-order valence-corrected chi connectivity index (χ4v) is 4.38. The lowest BCUT2D eigenvalue weighted by molar-refractivity contribution is 0.267. The second-order valence-electron chi connectivity index (χ2n) is 5.94. The maximum absolute atomic E-state index is 6.55. The van der Waals surface area contributed by atoms with Gasteiger partial charge in [-0.15, -0.1) is 0 Å². The van der Waals surface area contributed by atoms with E-state index in [0.29, 0.717) is 10.7 Å². The largest absolute Gasteiger partial charge is 0.268 e. The summed E-state index contributed by atoms with van der Waals surface area (Å²) in [5.74, 6) is 1.58. The van der Waals surface area contributed by atoms with Gasteiger partial charge in [-0.3, -0.25) is 4.68 Å². The van der Waals surface area contributed by atoms with Gasteiger partial charge in [0.1, 0.15) is 0 Å². The number of aryl methyl sites for hydroxylation is 2. The van der Waals surface area contributed by atoms with E-state index in [0.717, 1.165) is 36.0 Å². The van der Waals surface area contributed by atoms with Crippen molar-refractivity contribution >= 4 is 27.5 Å². The van der Waals surface area contributed by atoms with Crippen LogP contribution < -0.4 is 0 Å². The second-order valence-corrected chi connectivity index (χ2v) is 7.50. The molecule has 2 rings (SSSR count). The molecule has 1 aromatic rings. The predicted molar refractivity (Wildman–Crippen MR) is 89.8 cm³/mol. The minimum atomic E-state index is 0.631. The molecule has 1 heterocycles. The third-order valence-electron chi connectivity index (χ3n) is 4.73. The van der Waals surface area contributed by atoms with Crippen LogP contribution in [0.5, 0.6) is 0 Å². The molecule has 3 unspecified atom stereocenters. The highest BCUT2D eigenvalue weighted by molar-refractivity contribution is 9.09. The lowest BCUT2D eigenvalue weighted by atomic mass is 9.78. The topological polar surface area (TPSA) is 17.8 Å². The van der Waals surface area contributed by atoms with Gasteiger partial charge in [0.05, 0.1) is 16.4 Å². The van der Waals surface area contributed by atoms with E-state index >= 15 is 0 Å².